The van der Waals surface area contributed by atoms with Crippen LogP contribution in [0, 0.1) is 23.0 Å². The zero-order valence-corrected chi connectivity index (χ0v) is 7.35. The lowest BCUT2D eigenvalue weighted by atomic mass is 10.0. The highest BCUT2D eigenvalue weighted by Gasteiger charge is 2.22. The van der Waals surface area contributed by atoms with Gasteiger partial charge in [-0.15, -0.1) is 0 Å². The van der Waals surface area contributed by atoms with Crippen molar-refractivity contribution in [1.29, 1.82) is 5.26 Å². The number of halogens is 2. The van der Waals surface area contributed by atoms with E-state index < -0.39 is 35.2 Å². The number of aliphatic hydroxyl groups excluding tert-OH is 2. The molecule has 0 radical (unpaired) electrons. The number of benzene rings is 1. The van der Waals surface area contributed by atoms with E-state index in [-0.39, 0.29) is 0 Å². The Bertz CT molecular complexity index is 417. The summed E-state index contributed by atoms with van der Waals surface area (Å²) in [5.74, 6) is -3.29. The summed E-state index contributed by atoms with van der Waals surface area (Å²) in [5, 5.41) is 35.6. The van der Waals surface area contributed by atoms with Gasteiger partial charge in [0.15, 0.2) is 17.7 Å². The summed E-state index contributed by atoms with van der Waals surface area (Å²) < 4.78 is 25.3. The van der Waals surface area contributed by atoms with E-state index in [4.69, 9.17) is 15.5 Å². The first-order valence-corrected chi connectivity index (χ1v) is 3.91. The van der Waals surface area contributed by atoms with Crippen LogP contribution >= 0.6 is 0 Å². The summed E-state index contributed by atoms with van der Waals surface area (Å²) in [6.07, 6.45) is -3.61. The smallest absolute Gasteiger partial charge is 0.170 e. The van der Waals surface area contributed by atoms with Gasteiger partial charge in [-0.2, -0.15) is 5.26 Å². The highest BCUT2D eigenvalue weighted by atomic mass is 19.2. The molecule has 3 N–H and O–H groups in total. The minimum Gasteiger partial charge on any atom is -0.507 e. The summed E-state index contributed by atoms with van der Waals surface area (Å²) in [6, 6.07) is 2.28. The van der Waals surface area contributed by atoms with Gasteiger partial charge >= 0.3 is 0 Å². The largest absolute Gasteiger partial charge is 0.507 e. The third-order valence-corrected chi connectivity index (χ3v) is 1.82. The van der Waals surface area contributed by atoms with Crippen LogP contribution in [0.4, 0.5) is 8.78 Å². The van der Waals surface area contributed by atoms with Gasteiger partial charge in [-0.1, -0.05) is 0 Å². The zero-order valence-electron chi connectivity index (χ0n) is 7.35. The van der Waals surface area contributed by atoms with Crippen LogP contribution in [0.1, 0.15) is 11.7 Å². The fraction of sp³-hybridized carbons (Fsp3) is 0.222. The molecular weight excluding hydrogens is 208 g/mol. The Morgan fingerprint density at radius 1 is 1.20 bits per heavy atom. The van der Waals surface area contributed by atoms with E-state index >= 15 is 0 Å². The van der Waals surface area contributed by atoms with Crippen molar-refractivity contribution in [2.75, 3.05) is 0 Å². The Hall–Kier alpha value is -1.71. The van der Waals surface area contributed by atoms with Crippen LogP contribution in [-0.2, 0) is 0 Å². The second-order valence-corrected chi connectivity index (χ2v) is 2.84. The van der Waals surface area contributed by atoms with Crippen molar-refractivity contribution in [3.8, 4) is 11.8 Å². The lowest BCUT2D eigenvalue weighted by Crippen LogP contribution is -2.16. The molecule has 0 fully saturated rings. The Kier molecular flexibility index (Phi) is 3.19. The van der Waals surface area contributed by atoms with E-state index in [9.17, 15) is 13.9 Å². The van der Waals surface area contributed by atoms with Crippen LogP contribution in [-0.4, -0.2) is 21.4 Å². The summed E-state index contributed by atoms with van der Waals surface area (Å²) in [7, 11) is 0. The summed E-state index contributed by atoms with van der Waals surface area (Å²) in [5.41, 5.74) is -0.442. The van der Waals surface area contributed by atoms with Crippen molar-refractivity contribution < 1.29 is 24.1 Å². The van der Waals surface area contributed by atoms with Gasteiger partial charge in [-0.05, 0) is 6.07 Å². The molecule has 1 rings (SSSR count). The minimum atomic E-state index is -1.82. The molecule has 0 saturated heterocycles. The fourth-order valence-corrected chi connectivity index (χ4v) is 1.03. The van der Waals surface area contributed by atoms with Crippen LogP contribution in [0.3, 0.4) is 0 Å². The summed E-state index contributed by atoms with van der Waals surface area (Å²) >= 11 is 0. The zero-order chi connectivity index (χ0) is 11.6. The number of nitriles is 1. The number of phenols is 1. The molecule has 0 heterocycles. The van der Waals surface area contributed by atoms with Crippen LogP contribution in [0.5, 0.6) is 5.75 Å². The van der Waals surface area contributed by atoms with Crippen molar-refractivity contribution in [3.05, 3.63) is 29.3 Å². The van der Waals surface area contributed by atoms with E-state index in [0.29, 0.717) is 12.1 Å². The highest BCUT2D eigenvalue weighted by Crippen LogP contribution is 2.28. The van der Waals surface area contributed by atoms with Gasteiger partial charge in [0.25, 0.3) is 0 Å². The highest BCUT2D eigenvalue weighted by molar-refractivity contribution is 5.36. The molecule has 0 bridgehead atoms. The molecule has 0 aliphatic rings. The van der Waals surface area contributed by atoms with Gasteiger partial charge in [0.05, 0.1) is 6.07 Å². The number of hydrogen-bond acceptors (Lipinski definition) is 4. The number of aromatic hydroxyl groups is 1. The maximum atomic E-state index is 12.7. The van der Waals surface area contributed by atoms with Gasteiger partial charge in [-0.3, -0.25) is 0 Å². The molecule has 2 unspecified atom stereocenters. The Morgan fingerprint density at radius 2 is 1.73 bits per heavy atom. The van der Waals surface area contributed by atoms with Crippen LogP contribution < -0.4 is 0 Å². The average molecular weight is 215 g/mol. The monoisotopic (exact) mass is 215 g/mol. The van der Waals surface area contributed by atoms with E-state index in [1.807, 2.05) is 0 Å². The summed E-state index contributed by atoms with van der Waals surface area (Å²) in [4.78, 5) is 0. The quantitative estimate of drug-likeness (QED) is 0.630. The van der Waals surface area contributed by atoms with E-state index in [1.54, 1.807) is 0 Å². The number of phenolic OH excluding ortho intramolecular Hbond substituents is 1. The molecule has 0 aromatic heterocycles. The first kappa shape index (κ1) is 11.4. The molecule has 0 spiro atoms. The molecule has 0 saturated carbocycles. The number of hydrogen-bond donors (Lipinski definition) is 3. The maximum Gasteiger partial charge on any atom is 0.170 e. The summed E-state index contributed by atoms with van der Waals surface area (Å²) in [6.45, 7) is 0. The van der Waals surface area contributed by atoms with Crippen molar-refractivity contribution in [2.45, 2.75) is 12.2 Å². The fourth-order valence-electron chi connectivity index (χ4n) is 1.03. The molecule has 80 valence electrons. The minimum absolute atomic E-state index is 0.442. The molecule has 1 aromatic rings. The molecule has 15 heavy (non-hydrogen) atoms. The molecule has 1 aromatic carbocycles. The third-order valence-electron chi connectivity index (χ3n) is 1.82. The second kappa shape index (κ2) is 4.21. The molecule has 2 atom stereocenters. The van der Waals surface area contributed by atoms with E-state index in [1.165, 1.54) is 6.07 Å². The molecule has 4 nitrogen and oxygen atoms in total. The predicted octanol–water partition coefficient (Wildman–Crippen LogP) is 0.588. The van der Waals surface area contributed by atoms with Crippen molar-refractivity contribution in [3.63, 3.8) is 0 Å². The SMILES string of the molecule is N#CC(O)C(O)c1cc(F)c(F)cc1O. The Labute approximate surface area is 83.6 Å². The average Bonchev–Trinajstić information content (AvgIpc) is 2.21. The van der Waals surface area contributed by atoms with Crippen molar-refractivity contribution >= 4 is 0 Å². The van der Waals surface area contributed by atoms with Gasteiger partial charge in [0.1, 0.15) is 11.9 Å². The predicted molar refractivity (Wildman–Crippen MR) is 44.6 cm³/mol. The lowest BCUT2D eigenvalue weighted by Gasteiger charge is -2.13. The Balaban J connectivity index is 3.16. The first-order valence-electron chi connectivity index (χ1n) is 3.91. The molecule has 0 aliphatic carbocycles. The van der Waals surface area contributed by atoms with Gasteiger partial charge in [-0.25, -0.2) is 8.78 Å². The number of nitrogens with zero attached hydrogens (tertiary/aromatic N) is 1. The van der Waals surface area contributed by atoms with Crippen LogP contribution in [0.2, 0.25) is 0 Å². The van der Waals surface area contributed by atoms with Crippen molar-refractivity contribution in [2.24, 2.45) is 0 Å². The van der Waals surface area contributed by atoms with E-state index in [0.717, 1.165) is 0 Å². The normalized spacial score (nSPS) is 14.3. The third kappa shape index (κ3) is 2.21. The Morgan fingerprint density at radius 3 is 2.27 bits per heavy atom. The van der Waals surface area contributed by atoms with E-state index in [2.05, 4.69) is 0 Å². The number of rotatable bonds is 2. The molecule has 6 heteroatoms. The lowest BCUT2D eigenvalue weighted by molar-refractivity contribution is 0.0508. The molecule has 0 amide bonds. The van der Waals surface area contributed by atoms with Crippen LogP contribution in [0.25, 0.3) is 0 Å². The van der Waals surface area contributed by atoms with Gasteiger partial charge in [0.2, 0.25) is 0 Å². The first-order chi connectivity index (χ1) is 6.97. The van der Waals surface area contributed by atoms with Gasteiger partial charge in [0, 0.05) is 11.6 Å². The molecular formula is C9H7F2NO3. The maximum absolute atomic E-state index is 12.7. The number of aliphatic hydroxyl groups is 2. The standard InChI is InChI=1S/C9H7F2NO3/c10-5-1-4(7(13)2-6(5)11)9(15)8(14)3-12/h1-2,8-9,13-15H. The van der Waals surface area contributed by atoms with Gasteiger partial charge < -0.3 is 15.3 Å². The molecule has 0 aliphatic heterocycles. The van der Waals surface area contributed by atoms with Crippen molar-refractivity contribution in [1.82, 2.24) is 0 Å². The topological polar surface area (TPSA) is 84.5 Å². The van der Waals surface area contributed by atoms with Crippen LogP contribution in [0.15, 0.2) is 12.1 Å². The second-order valence-electron chi connectivity index (χ2n) is 2.84.